The summed E-state index contributed by atoms with van der Waals surface area (Å²) in [6.45, 7) is 2.11. The molecule has 0 unspecified atom stereocenters. The van der Waals surface area contributed by atoms with Gasteiger partial charge in [0.15, 0.2) is 17.5 Å². The molecule has 2 aromatic heterocycles. The first-order valence-corrected chi connectivity index (χ1v) is 18.5. The summed E-state index contributed by atoms with van der Waals surface area (Å²) < 4.78 is 0. The molecule has 0 aliphatic carbocycles. The number of rotatable bonds is 8. The van der Waals surface area contributed by atoms with Gasteiger partial charge in [-0.25, -0.2) is 19.9 Å². The predicted octanol–water partition coefficient (Wildman–Crippen LogP) is 12.9. The van der Waals surface area contributed by atoms with E-state index in [1.165, 1.54) is 5.56 Å². The van der Waals surface area contributed by atoms with Crippen LogP contribution >= 0.6 is 0 Å². The van der Waals surface area contributed by atoms with E-state index in [2.05, 4.69) is 177 Å². The van der Waals surface area contributed by atoms with Crippen molar-refractivity contribution in [3.63, 3.8) is 0 Å². The van der Waals surface area contributed by atoms with Crippen LogP contribution in [0, 0.1) is 6.92 Å². The van der Waals surface area contributed by atoms with E-state index in [1.54, 1.807) is 0 Å². The molecule has 9 rings (SSSR count). The van der Waals surface area contributed by atoms with Gasteiger partial charge in [0.05, 0.1) is 11.4 Å². The second kappa shape index (κ2) is 15.0. The van der Waals surface area contributed by atoms with E-state index in [4.69, 9.17) is 19.9 Å². The third-order valence-electron chi connectivity index (χ3n) is 9.83. The van der Waals surface area contributed by atoms with Gasteiger partial charge in [-0.1, -0.05) is 175 Å². The summed E-state index contributed by atoms with van der Waals surface area (Å²) in [6, 6.07) is 69.3. The monoisotopic (exact) mass is 704 g/mol. The number of hydrogen-bond donors (Lipinski definition) is 0. The third kappa shape index (κ3) is 7.35. The Bertz CT molecular complexity index is 2610. The van der Waals surface area contributed by atoms with Crippen molar-refractivity contribution in [1.82, 2.24) is 19.9 Å². The molecule has 0 saturated carbocycles. The molecule has 9 aromatic rings. The van der Waals surface area contributed by atoms with Crippen molar-refractivity contribution in [3.8, 4) is 90.1 Å². The number of aromatic nitrogens is 4. The van der Waals surface area contributed by atoms with E-state index in [9.17, 15) is 0 Å². The molecule has 0 aliphatic rings. The molecule has 0 bridgehead atoms. The van der Waals surface area contributed by atoms with E-state index < -0.39 is 0 Å². The lowest BCUT2D eigenvalue weighted by Crippen LogP contribution is -2.01. The van der Waals surface area contributed by atoms with E-state index in [-0.39, 0.29) is 0 Å². The Balaban J connectivity index is 1.20. The molecule has 0 fully saturated rings. The molecule has 7 aromatic carbocycles. The molecule has 0 N–H and O–H groups in total. The van der Waals surface area contributed by atoms with Crippen molar-refractivity contribution in [2.45, 2.75) is 6.92 Å². The maximum absolute atomic E-state index is 5.17. The number of aryl methyl sites for hydroxylation is 1. The van der Waals surface area contributed by atoms with Gasteiger partial charge in [0, 0.05) is 27.8 Å². The lowest BCUT2D eigenvalue weighted by atomic mass is 9.96. The zero-order valence-electron chi connectivity index (χ0n) is 30.3. The lowest BCUT2D eigenvalue weighted by Gasteiger charge is -2.13. The maximum atomic E-state index is 5.17. The summed E-state index contributed by atoms with van der Waals surface area (Å²) in [5.74, 6) is 1.81. The minimum Gasteiger partial charge on any atom is -0.248 e. The zero-order chi connectivity index (χ0) is 37.0. The van der Waals surface area contributed by atoms with Crippen LogP contribution in [0.1, 0.15) is 5.56 Å². The fraction of sp³-hybridized carbons (Fsp3) is 0.0196. The summed E-state index contributed by atoms with van der Waals surface area (Å²) in [7, 11) is 0. The highest BCUT2D eigenvalue weighted by Crippen LogP contribution is 2.34. The lowest BCUT2D eigenvalue weighted by molar-refractivity contribution is 1.07. The highest BCUT2D eigenvalue weighted by Gasteiger charge is 2.16. The largest absolute Gasteiger partial charge is 0.248 e. The van der Waals surface area contributed by atoms with Crippen LogP contribution in [-0.4, -0.2) is 19.9 Å². The second-order valence-corrected chi connectivity index (χ2v) is 13.6. The fourth-order valence-electron chi connectivity index (χ4n) is 6.83. The van der Waals surface area contributed by atoms with Crippen LogP contribution in [0.4, 0.5) is 0 Å². The molecule has 0 spiro atoms. The van der Waals surface area contributed by atoms with Gasteiger partial charge in [0.2, 0.25) is 0 Å². The van der Waals surface area contributed by atoms with Crippen molar-refractivity contribution < 1.29 is 0 Å². The van der Waals surface area contributed by atoms with Gasteiger partial charge < -0.3 is 0 Å². The van der Waals surface area contributed by atoms with Crippen LogP contribution in [0.5, 0.6) is 0 Å². The summed E-state index contributed by atoms with van der Waals surface area (Å²) >= 11 is 0. The van der Waals surface area contributed by atoms with Gasteiger partial charge in [0.1, 0.15) is 0 Å². The quantitative estimate of drug-likeness (QED) is 0.158. The van der Waals surface area contributed by atoms with E-state index >= 15 is 0 Å². The zero-order valence-corrected chi connectivity index (χ0v) is 30.3. The van der Waals surface area contributed by atoms with Gasteiger partial charge in [-0.15, -0.1) is 0 Å². The average Bonchev–Trinajstić information content (AvgIpc) is 3.27. The Labute approximate surface area is 321 Å². The molecule has 0 saturated heterocycles. The molecule has 260 valence electrons. The predicted molar refractivity (Wildman–Crippen MR) is 226 cm³/mol. The van der Waals surface area contributed by atoms with Gasteiger partial charge in [-0.2, -0.15) is 0 Å². The van der Waals surface area contributed by atoms with Gasteiger partial charge >= 0.3 is 0 Å². The van der Waals surface area contributed by atoms with Crippen molar-refractivity contribution in [3.05, 3.63) is 206 Å². The van der Waals surface area contributed by atoms with Crippen LogP contribution in [-0.2, 0) is 0 Å². The summed E-state index contributed by atoms with van der Waals surface area (Å²) in [5, 5.41) is 0. The molecule has 0 atom stereocenters. The average molecular weight is 705 g/mol. The molecule has 2 heterocycles. The van der Waals surface area contributed by atoms with E-state index in [1.807, 2.05) is 30.3 Å². The Morgan fingerprint density at radius 2 is 0.582 bits per heavy atom. The van der Waals surface area contributed by atoms with E-state index in [0.29, 0.717) is 17.5 Å². The first-order chi connectivity index (χ1) is 27.1. The fourth-order valence-corrected chi connectivity index (χ4v) is 6.83. The number of benzene rings is 7. The van der Waals surface area contributed by atoms with Crippen LogP contribution in [0.3, 0.4) is 0 Å². The normalized spacial score (nSPS) is 11.0. The van der Waals surface area contributed by atoms with Crippen molar-refractivity contribution in [2.24, 2.45) is 0 Å². The van der Waals surface area contributed by atoms with Gasteiger partial charge in [0.25, 0.3) is 0 Å². The molecular formula is C51H36N4. The highest BCUT2D eigenvalue weighted by molar-refractivity contribution is 5.80. The summed E-state index contributed by atoms with van der Waals surface area (Å²) in [4.78, 5) is 20.6. The van der Waals surface area contributed by atoms with Crippen molar-refractivity contribution >= 4 is 0 Å². The highest BCUT2D eigenvalue weighted by atomic mass is 15.0. The topological polar surface area (TPSA) is 51.6 Å². The molecule has 0 radical (unpaired) electrons. The summed E-state index contributed by atoms with van der Waals surface area (Å²) in [6.07, 6.45) is 0. The third-order valence-corrected chi connectivity index (χ3v) is 9.83. The molecular weight excluding hydrogens is 669 g/mol. The number of hydrogen-bond acceptors (Lipinski definition) is 4. The number of pyridine rings is 1. The second-order valence-electron chi connectivity index (χ2n) is 13.6. The Hall–Kier alpha value is -7.30. The minimum absolute atomic E-state index is 0.591. The van der Waals surface area contributed by atoms with Crippen LogP contribution in [0.15, 0.2) is 200 Å². The SMILES string of the molecule is Cc1ccc(-c2cc(-c3cccc(-c4ccccc4)n3)cc(-c3nc(-c4ccc(-c5ccccc5)cc4)nc(-c4ccc(-c5ccccc5)cc4)n3)c2)cc1. The van der Waals surface area contributed by atoms with Crippen molar-refractivity contribution in [1.29, 1.82) is 0 Å². The van der Waals surface area contributed by atoms with Gasteiger partial charge in [-0.05, 0) is 70.6 Å². The molecule has 4 nitrogen and oxygen atoms in total. The van der Waals surface area contributed by atoms with Crippen LogP contribution in [0.2, 0.25) is 0 Å². The minimum atomic E-state index is 0.591. The van der Waals surface area contributed by atoms with Gasteiger partial charge in [-0.3, -0.25) is 0 Å². The Kier molecular flexibility index (Phi) is 9.13. The molecule has 0 amide bonds. The standard InChI is InChI=1S/C51H36N4/c1-35-20-22-40(23-21-35)44-32-45(48-19-11-18-47(52-48)41-16-9-4-10-17-41)34-46(33-44)51-54-49(42-28-24-38(25-29-42)36-12-5-2-6-13-36)53-50(55-51)43-30-26-39(27-31-43)37-14-7-3-8-15-37/h2-34H,1H3. The Morgan fingerprint density at radius 1 is 0.236 bits per heavy atom. The molecule has 4 heteroatoms. The first-order valence-electron chi connectivity index (χ1n) is 18.5. The number of nitrogens with zero attached hydrogens (tertiary/aromatic N) is 4. The Morgan fingerprint density at radius 3 is 1.09 bits per heavy atom. The smallest absolute Gasteiger partial charge is 0.164 e. The molecule has 0 aliphatic heterocycles. The van der Waals surface area contributed by atoms with Crippen LogP contribution in [0.25, 0.3) is 90.1 Å². The maximum Gasteiger partial charge on any atom is 0.164 e. The summed E-state index contributed by atoms with van der Waals surface area (Å²) in [5.41, 5.74) is 14.5. The molecule has 55 heavy (non-hydrogen) atoms. The van der Waals surface area contributed by atoms with Crippen LogP contribution < -0.4 is 0 Å². The van der Waals surface area contributed by atoms with Crippen molar-refractivity contribution in [2.75, 3.05) is 0 Å². The first kappa shape index (κ1) is 33.5. The van der Waals surface area contributed by atoms with E-state index in [0.717, 1.165) is 72.6 Å².